The molecule has 5 heteroatoms. The van der Waals surface area contributed by atoms with Gasteiger partial charge in [-0.1, -0.05) is 35.3 Å². The maximum atomic E-state index is 11.9. The van der Waals surface area contributed by atoms with Crippen molar-refractivity contribution in [2.75, 3.05) is 7.11 Å². The van der Waals surface area contributed by atoms with Crippen LogP contribution in [0.4, 0.5) is 0 Å². The lowest BCUT2D eigenvalue weighted by Crippen LogP contribution is -2.20. The second-order valence-electron chi connectivity index (χ2n) is 5.61. The number of nitrogens with zero attached hydrogens (tertiary/aromatic N) is 1. The fourth-order valence-electron chi connectivity index (χ4n) is 2.98. The van der Waals surface area contributed by atoms with Gasteiger partial charge in [-0.2, -0.15) is 0 Å². The number of aromatic nitrogens is 1. The van der Waals surface area contributed by atoms with Crippen molar-refractivity contribution in [1.82, 2.24) is 5.16 Å². The monoisotopic (exact) mass is 319 g/mol. The number of carbonyl (C=O) groups excluding carboxylic acids is 1. The summed E-state index contributed by atoms with van der Waals surface area (Å²) in [5.41, 5.74) is 2.96. The molecule has 0 amide bonds. The molecule has 1 aliphatic rings. The lowest BCUT2D eigenvalue weighted by atomic mass is 9.89. The van der Waals surface area contributed by atoms with Crippen LogP contribution in [0.15, 0.2) is 28.8 Å². The zero-order valence-corrected chi connectivity index (χ0v) is 13.2. The number of fused-ring (bicyclic) bond motifs is 1. The van der Waals surface area contributed by atoms with Gasteiger partial charge < -0.3 is 9.26 Å². The Morgan fingerprint density at radius 3 is 2.82 bits per heavy atom. The molecular weight excluding hydrogens is 302 g/mol. The molecule has 0 bridgehead atoms. The summed E-state index contributed by atoms with van der Waals surface area (Å²) in [6, 6.07) is 7.57. The Labute approximate surface area is 134 Å². The van der Waals surface area contributed by atoms with E-state index in [1.54, 1.807) is 0 Å². The van der Waals surface area contributed by atoms with E-state index in [1.165, 1.54) is 7.11 Å². The van der Waals surface area contributed by atoms with Crippen molar-refractivity contribution in [3.05, 3.63) is 40.6 Å². The van der Waals surface area contributed by atoms with Gasteiger partial charge in [-0.15, -0.1) is 0 Å². The highest BCUT2D eigenvalue weighted by Crippen LogP contribution is 2.32. The van der Waals surface area contributed by atoms with Crippen molar-refractivity contribution in [2.24, 2.45) is 5.92 Å². The van der Waals surface area contributed by atoms with Gasteiger partial charge in [0.15, 0.2) is 0 Å². The van der Waals surface area contributed by atoms with Crippen LogP contribution >= 0.6 is 11.6 Å². The molecule has 0 spiro atoms. The number of ether oxygens (including phenoxy) is 1. The van der Waals surface area contributed by atoms with Gasteiger partial charge in [0.05, 0.1) is 13.0 Å². The van der Waals surface area contributed by atoms with Gasteiger partial charge in [-0.25, -0.2) is 0 Å². The Bertz CT molecular complexity index is 663. The molecule has 0 saturated carbocycles. The van der Waals surface area contributed by atoms with Crippen LogP contribution in [0.3, 0.4) is 0 Å². The van der Waals surface area contributed by atoms with Crippen LogP contribution in [-0.4, -0.2) is 18.2 Å². The highest BCUT2D eigenvalue weighted by atomic mass is 35.5. The molecular formula is C17H18ClNO3. The average Bonchev–Trinajstić information content (AvgIpc) is 2.89. The SMILES string of the molecule is COC(=O)C1CCCCc2c(-c3ccc(Cl)cc3)noc2C1. The summed E-state index contributed by atoms with van der Waals surface area (Å²) >= 11 is 5.94. The van der Waals surface area contributed by atoms with E-state index in [4.69, 9.17) is 20.9 Å². The number of rotatable bonds is 2. The van der Waals surface area contributed by atoms with E-state index in [-0.39, 0.29) is 11.9 Å². The Balaban J connectivity index is 1.94. The van der Waals surface area contributed by atoms with Gasteiger partial charge in [-0.3, -0.25) is 4.79 Å². The molecule has 0 aliphatic heterocycles. The minimum Gasteiger partial charge on any atom is -0.469 e. The minimum atomic E-state index is -0.169. The van der Waals surface area contributed by atoms with Crippen LogP contribution in [0.5, 0.6) is 0 Å². The number of halogens is 1. The number of esters is 1. The van der Waals surface area contributed by atoms with Gasteiger partial charge in [-0.05, 0) is 31.4 Å². The van der Waals surface area contributed by atoms with Crippen molar-refractivity contribution in [1.29, 1.82) is 0 Å². The topological polar surface area (TPSA) is 52.3 Å². The summed E-state index contributed by atoms with van der Waals surface area (Å²) in [7, 11) is 1.43. The van der Waals surface area contributed by atoms with Gasteiger partial charge in [0.1, 0.15) is 11.5 Å². The van der Waals surface area contributed by atoms with Gasteiger partial charge in [0, 0.05) is 22.6 Å². The quantitative estimate of drug-likeness (QED) is 0.783. The van der Waals surface area contributed by atoms with E-state index in [9.17, 15) is 4.79 Å². The second-order valence-corrected chi connectivity index (χ2v) is 6.05. The van der Waals surface area contributed by atoms with Crippen molar-refractivity contribution < 1.29 is 14.1 Å². The Hall–Kier alpha value is -1.81. The number of hydrogen-bond donors (Lipinski definition) is 0. The lowest BCUT2D eigenvalue weighted by molar-refractivity contribution is -0.145. The van der Waals surface area contributed by atoms with Crippen molar-refractivity contribution in [2.45, 2.75) is 32.1 Å². The molecule has 0 N–H and O–H groups in total. The van der Waals surface area contributed by atoms with E-state index in [2.05, 4.69) is 5.16 Å². The maximum Gasteiger partial charge on any atom is 0.309 e. The van der Waals surface area contributed by atoms with Crippen LogP contribution in [0.25, 0.3) is 11.3 Å². The molecule has 1 heterocycles. The molecule has 0 radical (unpaired) electrons. The Morgan fingerprint density at radius 2 is 2.09 bits per heavy atom. The summed E-state index contributed by atoms with van der Waals surface area (Å²) in [5.74, 6) is 0.493. The van der Waals surface area contributed by atoms with E-state index < -0.39 is 0 Å². The molecule has 2 aromatic rings. The van der Waals surface area contributed by atoms with Gasteiger partial charge in [0.2, 0.25) is 0 Å². The molecule has 1 aliphatic carbocycles. The van der Waals surface area contributed by atoms with Crippen molar-refractivity contribution in [3.63, 3.8) is 0 Å². The summed E-state index contributed by atoms with van der Waals surface area (Å²) in [5, 5.41) is 4.93. The highest BCUT2D eigenvalue weighted by Gasteiger charge is 2.27. The molecule has 0 saturated heterocycles. The van der Waals surface area contributed by atoms with E-state index in [0.717, 1.165) is 48.3 Å². The normalized spacial score (nSPS) is 18.2. The number of hydrogen-bond acceptors (Lipinski definition) is 4. The fourth-order valence-corrected chi connectivity index (χ4v) is 3.11. The van der Waals surface area contributed by atoms with Crippen LogP contribution in [0.2, 0.25) is 5.02 Å². The summed E-state index contributed by atoms with van der Waals surface area (Å²) < 4.78 is 10.4. The van der Waals surface area contributed by atoms with Crippen molar-refractivity contribution in [3.8, 4) is 11.3 Å². The van der Waals surface area contributed by atoms with E-state index >= 15 is 0 Å². The minimum absolute atomic E-state index is 0.143. The molecule has 3 rings (SSSR count). The lowest BCUT2D eigenvalue weighted by Gasteiger charge is -2.16. The summed E-state index contributed by atoms with van der Waals surface area (Å²) in [6.07, 6.45) is 4.34. The van der Waals surface area contributed by atoms with E-state index in [0.29, 0.717) is 11.4 Å². The molecule has 1 unspecified atom stereocenters. The predicted octanol–water partition coefficient (Wildman–Crippen LogP) is 4.05. The molecule has 116 valence electrons. The van der Waals surface area contributed by atoms with Gasteiger partial charge in [0.25, 0.3) is 0 Å². The second kappa shape index (κ2) is 6.53. The molecule has 0 fully saturated rings. The average molecular weight is 320 g/mol. The first kappa shape index (κ1) is 15.1. The van der Waals surface area contributed by atoms with Crippen LogP contribution in [0.1, 0.15) is 30.6 Å². The molecule has 1 aromatic heterocycles. The standard InChI is InChI=1S/C17H18ClNO3/c1-21-17(20)12-4-2-3-5-14-15(10-12)22-19-16(14)11-6-8-13(18)9-7-11/h6-9,12H,2-5,10H2,1H3. The summed E-state index contributed by atoms with van der Waals surface area (Å²) in [4.78, 5) is 11.9. The first-order chi connectivity index (χ1) is 10.7. The number of benzene rings is 1. The van der Waals surface area contributed by atoms with E-state index in [1.807, 2.05) is 24.3 Å². The summed E-state index contributed by atoms with van der Waals surface area (Å²) in [6.45, 7) is 0. The zero-order chi connectivity index (χ0) is 15.5. The molecule has 1 atom stereocenters. The highest BCUT2D eigenvalue weighted by molar-refractivity contribution is 6.30. The zero-order valence-electron chi connectivity index (χ0n) is 12.5. The number of methoxy groups -OCH3 is 1. The molecule has 1 aromatic carbocycles. The first-order valence-electron chi connectivity index (χ1n) is 7.50. The van der Waals surface area contributed by atoms with Crippen LogP contribution in [-0.2, 0) is 22.4 Å². The van der Waals surface area contributed by atoms with Gasteiger partial charge >= 0.3 is 5.97 Å². The molecule has 22 heavy (non-hydrogen) atoms. The first-order valence-corrected chi connectivity index (χ1v) is 7.88. The maximum absolute atomic E-state index is 11.9. The largest absolute Gasteiger partial charge is 0.469 e. The van der Waals surface area contributed by atoms with Crippen molar-refractivity contribution >= 4 is 17.6 Å². The Morgan fingerprint density at radius 1 is 1.32 bits per heavy atom. The smallest absolute Gasteiger partial charge is 0.309 e. The fraction of sp³-hybridized carbons (Fsp3) is 0.412. The third kappa shape index (κ3) is 3.02. The Kier molecular flexibility index (Phi) is 4.48. The van der Waals surface area contributed by atoms with Crippen LogP contribution < -0.4 is 0 Å². The van der Waals surface area contributed by atoms with Crippen LogP contribution in [0, 0.1) is 5.92 Å². The third-order valence-electron chi connectivity index (χ3n) is 4.18. The third-order valence-corrected chi connectivity index (χ3v) is 4.43. The molecule has 4 nitrogen and oxygen atoms in total. The number of carbonyl (C=O) groups is 1. The predicted molar refractivity (Wildman–Crippen MR) is 83.7 cm³/mol.